The molecule has 5 heteroatoms. The molecule has 104 valence electrons. The third-order valence-electron chi connectivity index (χ3n) is 3.91. The Morgan fingerprint density at radius 1 is 1.50 bits per heavy atom. The number of carboxylic acid groups (broad SMARTS) is 1. The smallest absolute Gasteiger partial charge is 0.326 e. The monoisotopic (exact) mass is 256 g/mol. The van der Waals surface area contributed by atoms with Gasteiger partial charge in [0.1, 0.15) is 6.04 Å². The molecule has 3 N–H and O–H groups in total. The quantitative estimate of drug-likeness (QED) is 0.685. The van der Waals surface area contributed by atoms with Crippen LogP contribution in [0.1, 0.15) is 40.0 Å². The molecule has 0 aromatic rings. The Kier molecular flexibility index (Phi) is 5.14. The molecule has 1 fully saturated rings. The maximum absolute atomic E-state index is 12.2. The molecule has 1 heterocycles. The molecule has 5 nitrogen and oxygen atoms in total. The number of amides is 1. The van der Waals surface area contributed by atoms with Gasteiger partial charge in [-0.2, -0.15) is 0 Å². The van der Waals surface area contributed by atoms with Crippen molar-refractivity contribution in [1.82, 2.24) is 10.6 Å². The van der Waals surface area contributed by atoms with Gasteiger partial charge in [0.05, 0.1) is 5.41 Å². The number of carbonyl (C=O) groups excluding carboxylic acids is 1. The van der Waals surface area contributed by atoms with Crippen LogP contribution in [0.25, 0.3) is 0 Å². The minimum Gasteiger partial charge on any atom is -0.480 e. The van der Waals surface area contributed by atoms with Gasteiger partial charge in [0.25, 0.3) is 0 Å². The summed E-state index contributed by atoms with van der Waals surface area (Å²) in [4.78, 5) is 23.4. The highest BCUT2D eigenvalue weighted by atomic mass is 16.4. The van der Waals surface area contributed by atoms with Gasteiger partial charge in [0.15, 0.2) is 0 Å². The van der Waals surface area contributed by atoms with Crippen LogP contribution in [0.4, 0.5) is 0 Å². The van der Waals surface area contributed by atoms with Crippen LogP contribution in [-0.2, 0) is 9.59 Å². The third kappa shape index (κ3) is 3.45. The Morgan fingerprint density at radius 3 is 2.61 bits per heavy atom. The lowest BCUT2D eigenvalue weighted by Gasteiger charge is -2.34. The van der Waals surface area contributed by atoms with Crippen molar-refractivity contribution >= 4 is 11.9 Å². The topological polar surface area (TPSA) is 78.4 Å². The SMILES string of the molecule is CCC(C)[C@H](NC(=O)C1(C)CCCNC1)C(=O)O. The summed E-state index contributed by atoms with van der Waals surface area (Å²) in [6, 6.07) is -0.791. The molecule has 1 rings (SSSR count). The fourth-order valence-corrected chi connectivity index (χ4v) is 2.25. The zero-order valence-corrected chi connectivity index (χ0v) is 11.5. The second-order valence-electron chi connectivity index (χ2n) is 5.52. The van der Waals surface area contributed by atoms with Gasteiger partial charge in [-0.1, -0.05) is 20.3 Å². The average Bonchev–Trinajstić information content (AvgIpc) is 2.35. The first-order chi connectivity index (χ1) is 8.40. The first-order valence-corrected chi connectivity index (χ1v) is 6.65. The number of rotatable bonds is 5. The van der Waals surface area contributed by atoms with Crippen LogP contribution in [0.2, 0.25) is 0 Å². The lowest BCUT2D eigenvalue weighted by atomic mass is 9.81. The van der Waals surface area contributed by atoms with Crippen LogP contribution in [0.15, 0.2) is 0 Å². The highest BCUT2D eigenvalue weighted by molar-refractivity contribution is 5.87. The number of aliphatic carboxylic acids is 1. The summed E-state index contributed by atoms with van der Waals surface area (Å²) in [6.07, 6.45) is 2.48. The summed E-state index contributed by atoms with van der Waals surface area (Å²) in [5.74, 6) is -1.17. The van der Waals surface area contributed by atoms with Crippen LogP contribution in [0.3, 0.4) is 0 Å². The van der Waals surface area contributed by atoms with Gasteiger partial charge in [-0.05, 0) is 32.2 Å². The number of nitrogens with one attached hydrogen (secondary N) is 2. The molecule has 0 aromatic carbocycles. The minimum absolute atomic E-state index is 0.0633. The fourth-order valence-electron chi connectivity index (χ4n) is 2.25. The molecule has 1 saturated heterocycles. The van der Waals surface area contributed by atoms with Crippen molar-refractivity contribution in [2.75, 3.05) is 13.1 Å². The van der Waals surface area contributed by atoms with E-state index in [0.717, 1.165) is 25.8 Å². The van der Waals surface area contributed by atoms with E-state index in [1.807, 2.05) is 20.8 Å². The fraction of sp³-hybridized carbons (Fsp3) is 0.846. The molecule has 1 aliphatic rings. The van der Waals surface area contributed by atoms with Crippen molar-refractivity contribution in [1.29, 1.82) is 0 Å². The Labute approximate surface area is 108 Å². The Balaban J connectivity index is 2.68. The standard InChI is InChI=1S/C13H24N2O3/c1-4-9(2)10(11(16)17)15-12(18)13(3)6-5-7-14-8-13/h9-10,14H,4-8H2,1-3H3,(H,15,18)(H,16,17)/t9?,10-,13?/m0/s1. The minimum atomic E-state index is -0.954. The van der Waals surface area contributed by atoms with E-state index in [2.05, 4.69) is 10.6 Å². The second-order valence-corrected chi connectivity index (χ2v) is 5.52. The molecule has 0 radical (unpaired) electrons. The van der Waals surface area contributed by atoms with E-state index < -0.39 is 17.4 Å². The van der Waals surface area contributed by atoms with Gasteiger partial charge >= 0.3 is 5.97 Å². The van der Waals surface area contributed by atoms with Crippen molar-refractivity contribution in [3.8, 4) is 0 Å². The molecule has 1 amide bonds. The van der Waals surface area contributed by atoms with Crippen LogP contribution in [-0.4, -0.2) is 36.1 Å². The van der Waals surface area contributed by atoms with Gasteiger partial charge in [0.2, 0.25) is 5.91 Å². The Bertz CT molecular complexity index is 311. The Hall–Kier alpha value is -1.10. The summed E-state index contributed by atoms with van der Waals surface area (Å²) in [6.45, 7) is 7.21. The Morgan fingerprint density at radius 2 is 2.17 bits per heavy atom. The van der Waals surface area contributed by atoms with E-state index in [1.54, 1.807) is 0 Å². The summed E-state index contributed by atoms with van der Waals surface area (Å²) < 4.78 is 0. The number of piperidine rings is 1. The summed E-state index contributed by atoms with van der Waals surface area (Å²) in [5, 5.41) is 15.1. The molecule has 0 spiro atoms. The largest absolute Gasteiger partial charge is 0.480 e. The maximum atomic E-state index is 12.2. The van der Waals surface area contributed by atoms with E-state index in [9.17, 15) is 14.7 Å². The second kappa shape index (κ2) is 6.18. The predicted octanol–water partition coefficient (Wildman–Crippen LogP) is 0.992. The molecule has 0 bridgehead atoms. The lowest BCUT2D eigenvalue weighted by molar-refractivity contribution is -0.145. The third-order valence-corrected chi connectivity index (χ3v) is 3.91. The number of hydrogen-bond acceptors (Lipinski definition) is 3. The van der Waals surface area contributed by atoms with Crippen LogP contribution >= 0.6 is 0 Å². The molecule has 3 atom stereocenters. The normalized spacial score (nSPS) is 27.3. The lowest BCUT2D eigenvalue weighted by Crippen LogP contribution is -2.54. The molecular weight excluding hydrogens is 232 g/mol. The summed E-state index contributed by atoms with van der Waals surface area (Å²) >= 11 is 0. The van der Waals surface area contributed by atoms with Gasteiger partial charge in [0, 0.05) is 6.54 Å². The van der Waals surface area contributed by atoms with Gasteiger partial charge in [-0.25, -0.2) is 4.79 Å². The van der Waals surface area contributed by atoms with E-state index in [1.165, 1.54) is 0 Å². The molecule has 1 aliphatic heterocycles. The predicted molar refractivity (Wildman–Crippen MR) is 69.2 cm³/mol. The van der Waals surface area contributed by atoms with Crippen LogP contribution in [0, 0.1) is 11.3 Å². The summed E-state index contributed by atoms with van der Waals surface area (Å²) in [7, 11) is 0. The number of carbonyl (C=O) groups is 2. The molecular formula is C13H24N2O3. The molecule has 18 heavy (non-hydrogen) atoms. The molecule has 0 aromatic heterocycles. The summed E-state index contributed by atoms with van der Waals surface area (Å²) in [5.41, 5.74) is -0.487. The van der Waals surface area contributed by atoms with Gasteiger partial charge < -0.3 is 15.7 Å². The van der Waals surface area contributed by atoms with E-state index in [-0.39, 0.29) is 11.8 Å². The van der Waals surface area contributed by atoms with Crippen molar-refractivity contribution in [2.24, 2.45) is 11.3 Å². The van der Waals surface area contributed by atoms with Crippen LogP contribution < -0.4 is 10.6 Å². The average molecular weight is 256 g/mol. The first kappa shape index (κ1) is 15.0. The van der Waals surface area contributed by atoms with Gasteiger partial charge in [-0.3, -0.25) is 4.79 Å². The van der Waals surface area contributed by atoms with Crippen molar-refractivity contribution in [3.63, 3.8) is 0 Å². The van der Waals surface area contributed by atoms with Crippen molar-refractivity contribution in [3.05, 3.63) is 0 Å². The number of carboxylic acids is 1. The zero-order valence-electron chi connectivity index (χ0n) is 11.5. The van der Waals surface area contributed by atoms with E-state index >= 15 is 0 Å². The number of hydrogen-bond donors (Lipinski definition) is 3. The highest BCUT2D eigenvalue weighted by Crippen LogP contribution is 2.26. The van der Waals surface area contributed by atoms with E-state index in [4.69, 9.17) is 0 Å². The van der Waals surface area contributed by atoms with Crippen LogP contribution in [0.5, 0.6) is 0 Å². The molecule has 0 saturated carbocycles. The molecule has 2 unspecified atom stereocenters. The van der Waals surface area contributed by atoms with Crippen molar-refractivity contribution in [2.45, 2.75) is 46.1 Å². The van der Waals surface area contributed by atoms with Gasteiger partial charge in [-0.15, -0.1) is 0 Å². The molecule has 0 aliphatic carbocycles. The van der Waals surface area contributed by atoms with E-state index in [0.29, 0.717) is 6.54 Å². The zero-order chi connectivity index (χ0) is 13.8. The van der Waals surface area contributed by atoms with Crippen molar-refractivity contribution < 1.29 is 14.7 Å². The highest BCUT2D eigenvalue weighted by Gasteiger charge is 2.37. The maximum Gasteiger partial charge on any atom is 0.326 e. The first-order valence-electron chi connectivity index (χ1n) is 6.65.